The molecular weight excluding hydrogens is 302 g/mol. The Balaban J connectivity index is 2.31. The van der Waals surface area contributed by atoms with Crippen molar-refractivity contribution in [2.75, 3.05) is 36.5 Å². The van der Waals surface area contributed by atoms with Crippen LogP contribution in [0.1, 0.15) is 32.6 Å². The number of hydrogen-bond donors (Lipinski definition) is 0. The molecule has 0 aromatic rings. The van der Waals surface area contributed by atoms with Gasteiger partial charge in [0.2, 0.25) is 0 Å². The van der Waals surface area contributed by atoms with E-state index in [0.717, 1.165) is 37.3 Å². The van der Waals surface area contributed by atoms with Crippen LogP contribution in [0.4, 0.5) is 0 Å². The number of rotatable bonds is 7. The molecule has 0 amide bonds. The lowest BCUT2D eigenvalue weighted by Gasteiger charge is -2.32. The van der Waals surface area contributed by atoms with Gasteiger partial charge < -0.3 is 4.90 Å². The smallest absolute Gasteiger partial charge is 0.151 e. The molecule has 0 N–H and O–H groups in total. The number of nitrogens with zero attached hydrogens (tertiary/aromatic N) is 1. The highest BCUT2D eigenvalue weighted by atomic mass is 79.9. The third-order valence-electron chi connectivity index (χ3n) is 3.35. The summed E-state index contributed by atoms with van der Waals surface area (Å²) in [7, 11) is -2.81. The third-order valence-corrected chi connectivity index (χ3v) is 5.65. The number of likely N-dealkylation sites (tertiary alicyclic amines) is 1. The molecule has 3 nitrogen and oxygen atoms in total. The van der Waals surface area contributed by atoms with E-state index < -0.39 is 9.84 Å². The third kappa shape index (κ3) is 6.20. The van der Waals surface area contributed by atoms with Crippen molar-refractivity contribution in [2.24, 2.45) is 5.92 Å². The lowest BCUT2D eigenvalue weighted by atomic mass is 9.96. The highest BCUT2D eigenvalue weighted by Gasteiger charge is 2.20. The number of hydrogen-bond acceptors (Lipinski definition) is 3. The van der Waals surface area contributed by atoms with E-state index in [9.17, 15) is 8.42 Å². The van der Waals surface area contributed by atoms with Gasteiger partial charge in [0.05, 0.1) is 5.75 Å². The molecule has 1 rings (SSSR count). The van der Waals surface area contributed by atoms with Crippen LogP contribution in [0.25, 0.3) is 0 Å². The summed E-state index contributed by atoms with van der Waals surface area (Å²) < 4.78 is 23.3. The maximum absolute atomic E-state index is 11.6. The van der Waals surface area contributed by atoms with Crippen molar-refractivity contribution in [1.29, 1.82) is 0 Å². The second-order valence-corrected chi connectivity index (χ2v) is 8.03. The summed E-state index contributed by atoms with van der Waals surface area (Å²) in [6.07, 6.45) is 4.45. The monoisotopic (exact) mass is 325 g/mol. The molecule has 0 spiro atoms. The van der Waals surface area contributed by atoms with E-state index in [4.69, 9.17) is 0 Å². The summed E-state index contributed by atoms with van der Waals surface area (Å²) in [5, 5.41) is 1.06. The molecule has 0 bridgehead atoms. The standard InChI is InChI=1S/C12H24BrNO2S/c1-2-9-17(15,16)10-8-14-7-3-4-12(11-14)5-6-13/h12H,2-11H2,1H3. The number of sulfone groups is 1. The molecule has 1 aliphatic rings. The number of halogens is 1. The fourth-order valence-electron chi connectivity index (χ4n) is 2.43. The quantitative estimate of drug-likeness (QED) is 0.674. The molecule has 0 radical (unpaired) electrons. The molecule has 0 aromatic heterocycles. The molecule has 1 unspecified atom stereocenters. The molecule has 5 heteroatoms. The van der Waals surface area contributed by atoms with Gasteiger partial charge in [0, 0.05) is 24.2 Å². The minimum Gasteiger partial charge on any atom is -0.302 e. The van der Waals surface area contributed by atoms with Gasteiger partial charge in [0.15, 0.2) is 9.84 Å². The van der Waals surface area contributed by atoms with Crippen molar-refractivity contribution in [1.82, 2.24) is 4.90 Å². The van der Waals surface area contributed by atoms with Gasteiger partial charge in [-0.15, -0.1) is 0 Å². The first-order chi connectivity index (χ1) is 8.07. The highest BCUT2D eigenvalue weighted by Crippen LogP contribution is 2.20. The maximum Gasteiger partial charge on any atom is 0.151 e. The molecule has 0 aromatic carbocycles. The van der Waals surface area contributed by atoms with E-state index in [-0.39, 0.29) is 0 Å². The van der Waals surface area contributed by atoms with Crippen molar-refractivity contribution in [3.05, 3.63) is 0 Å². The summed E-state index contributed by atoms with van der Waals surface area (Å²) in [5.74, 6) is 1.42. The molecule has 17 heavy (non-hydrogen) atoms. The van der Waals surface area contributed by atoms with Gasteiger partial charge in [-0.3, -0.25) is 0 Å². The zero-order valence-corrected chi connectivity index (χ0v) is 13.1. The molecule has 1 heterocycles. The van der Waals surface area contributed by atoms with Crippen LogP contribution in [0.5, 0.6) is 0 Å². The van der Waals surface area contributed by atoms with Crippen molar-refractivity contribution < 1.29 is 8.42 Å². The van der Waals surface area contributed by atoms with Crippen LogP contribution in [-0.2, 0) is 9.84 Å². The predicted octanol–water partition coefficient (Wildman–Crippen LogP) is 2.31. The molecule has 0 aliphatic carbocycles. The molecule has 1 fully saturated rings. The highest BCUT2D eigenvalue weighted by molar-refractivity contribution is 9.09. The lowest BCUT2D eigenvalue weighted by Crippen LogP contribution is -2.38. The largest absolute Gasteiger partial charge is 0.302 e. The SMILES string of the molecule is CCCS(=O)(=O)CCN1CCCC(CCBr)C1. The zero-order valence-electron chi connectivity index (χ0n) is 10.7. The fourth-order valence-corrected chi connectivity index (χ4v) is 4.44. The van der Waals surface area contributed by atoms with Crippen LogP contribution in [0.3, 0.4) is 0 Å². The van der Waals surface area contributed by atoms with Gasteiger partial charge in [-0.1, -0.05) is 22.9 Å². The van der Waals surface area contributed by atoms with Crippen LogP contribution in [0.15, 0.2) is 0 Å². The Bertz CT molecular complexity index is 304. The van der Waals surface area contributed by atoms with Gasteiger partial charge in [-0.25, -0.2) is 8.42 Å². The molecule has 1 aliphatic heterocycles. The minimum absolute atomic E-state index is 0.335. The Hall–Kier alpha value is 0.390. The molecule has 102 valence electrons. The number of alkyl halides is 1. The van der Waals surface area contributed by atoms with E-state index >= 15 is 0 Å². The van der Waals surface area contributed by atoms with E-state index in [0.29, 0.717) is 11.5 Å². The summed E-state index contributed by atoms with van der Waals surface area (Å²) in [6.45, 7) is 4.79. The first kappa shape index (κ1) is 15.4. The summed E-state index contributed by atoms with van der Waals surface area (Å²) in [6, 6.07) is 0. The second kappa shape index (κ2) is 7.74. The normalized spacial score (nSPS) is 22.8. The average molecular weight is 326 g/mol. The first-order valence-electron chi connectivity index (χ1n) is 6.56. The topological polar surface area (TPSA) is 37.4 Å². The lowest BCUT2D eigenvalue weighted by molar-refractivity contribution is 0.181. The van der Waals surface area contributed by atoms with Crippen molar-refractivity contribution in [2.45, 2.75) is 32.6 Å². The van der Waals surface area contributed by atoms with Crippen LogP contribution < -0.4 is 0 Å². The van der Waals surface area contributed by atoms with Crippen LogP contribution in [0, 0.1) is 5.92 Å². The Morgan fingerprint density at radius 1 is 1.35 bits per heavy atom. The molecule has 0 saturated carbocycles. The van der Waals surface area contributed by atoms with E-state index in [1.54, 1.807) is 0 Å². The van der Waals surface area contributed by atoms with Crippen molar-refractivity contribution in [3.8, 4) is 0 Å². The van der Waals surface area contributed by atoms with E-state index in [2.05, 4.69) is 20.8 Å². The van der Waals surface area contributed by atoms with Crippen molar-refractivity contribution >= 4 is 25.8 Å². The maximum atomic E-state index is 11.6. The number of piperidine rings is 1. The summed E-state index contributed by atoms with van der Waals surface area (Å²) >= 11 is 3.48. The Kier molecular flexibility index (Phi) is 7.04. The molecule has 1 atom stereocenters. The Labute approximate surface area is 114 Å². The van der Waals surface area contributed by atoms with Gasteiger partial charge in [-0.2, -0.15) is 0 Å². The predicted molar refractivity (Wildman–Crippen MR) is 76.5 cm³/mol. The van der Waals surface area contributed by atoms with E-state index in [1.165, 1.54) is 19.3 Å². The summed E-state index contributed by atoms with van der Waals surface area (Å²) in [5.41, 5.74) is 0. The first-order valence-corrected chi connectivity index (χ1v) is 9.50. The fraction of sp³-hybridized carbons (Fsp3) is 1.00. The van der Waals surface area contributed by atoms with Crippen LogP contribution in [0.2, 0.25) is 0 Å². The van der Waals surface area contributed by atoms with Gasteiger partial charge in [0.25, 0.3) is 0 Å². The van der Waals surface area contributed by atoms with E-state index in [1.807, 2.05) is 6.92 Å². The zero-order chi connectivity index (χ0) is 12.7. The Morgan fingerprint density at radius 3 is 2.76 bits per heavy atom. The van der Waals surface area contributed by atoms with Crippen molar-refractivity contribution in [3.63, 3.8) is 0 Å². The van der Waals surface area contributed by atoms with Crippen LogP contribution >= 0.6 is 15.9 Å². The minimum atomic E-state index is -2.81. The molecular formula is C12H24BrNO2S. The van der Waals surface area contributed by atoms with Gasteiger partial charge in [0.1, 0.15) is 0 Å². The Morgan fingerprint density at radius 2 is 2.12 bits per heavy atom. The van der Waals surface area contributed by atoms with Crippen LogP contribution in [-0.4, -0.2) is 49.8 Å². The summed E-state index contributed by atoms with van der Waals surface area (Å²) in [4.78, 5) is 2.32. The second-order valence-electron chi connectivity index (χ2n) is 4.94. The molecule has 1 saturated heterocycles. The average Bonchev–Trinajstić information content (AvgIpc) is 2.28. The van der Waals surface area contributed by atoms with Gasteiger partial charge in [-0.05, 0) is 38.1 Å². The van der Waals surface area contributed by atoms with Gasteiger partial charge >= 0.3 is 0 Å².